The maximum atomic E-state index is 12.3. The average Bonchev–Trinajstić information content (AvgIpc) is 3.18. The molecule has 1 atom stereocenters. The van der Waals surface area contributed by atoms with E-state index in [-0.39, 0.29) is 12.5 Å². The fourth-order valence-corrected chi connectivity index (χ4v) is 2.56. The predicted octanol–water partition coefficient (Wildman–Crippen LogP) is 3.79. The van der Waals surface area contributed by atoms with Crippen LogP contribution in [0, 0.1) is 6.92 Å². The van der Waals surface area contributed by atoms with Crippen LogP contribution in [0.2, 0.25) is 5.02 Å². The van der Waals surface area contributed by atoms with Crippen LogP contribution in [0.15, 0.2) is 47.0 Å². The molecule has 1 amide bonds. The van der Waals surface area contributed by atoms with Crippen LogP contribution in [0.5, 0.6) is 11.5 Å². The number of aryl methyl sites for hydroxylation is 1. The van der Waals surface area contributed by atoms with Gasteiger partial charge in [-0.25, -0.2) is 0 Å². The van der Waals surface area contributed by atoms with E-state index in [1.54, 1.807) is 32.2 Å². The Morgan fingerprint density at radius 2 is 1.93 bits per heavy atom. The number of benzene rings is 2. The van der Waals surface area contributed by atoms with E-state index in [2.05, 4.69) is 15.5 Å². The zero-order valence-electron chi connectivity index (χ0n) is 15.7. The summed E-state index contributed by atoms with van der Waals surface area (Å²) in [5.41, 5.74) is 1.67. The van der Waals surface area contributed by atoms with Crippen LogP contribution in [-0.4, -0.2) is 29.3 Å². The van der Waals surface area contributed by atoms with Gasteiger partial charge in [0.1, 0.15) is 11.5 Å². The third-order valence-corrected chi connectivity index (χ3v) is 4.47. The minimum Gasteiger partial charge on any atom is -0.497 e. The number of rotatable bonds is 7. The molecule has 7 nitrogen and oxygen atoms in total. The molecule has 0 radical (unpaired) electrons. The number of methoxy groups -OCH3 is 1. The fourth-order valence-electron chi connectivity index (χ4n) is 2.44. The number of halogens is 1. The lowest BCUT2D eigenvalue weighted by Gasteiger charge is -2.14. The molecule has 0 unspecified atom stereocenters. The summed E-state index contributed by atoms with van der Waals surface area (Å²) in [4.78, 5) is 16.5. The second kappa shape index (κ2) is 8.75. The van der Waals surface area contributed by atoms with Crippen molar-refractivity contribution in [1.29, 1.82) is 0 Å². The average molecular weight is 402 g/mol. The number of carbonyl (C=O) groups excluding carboxylic acids is 1. The molecular formula is C20H20ClN3O4. The number of amides is 1. The largest absolute Gasteiger partial charge is 0.497 e. The molecule has 146 valence electrons. The number of nitrogens with one attached hydrogen (secondary N) is 1. The van der Waals surface area contributed by atoms with Crippen molar-refractivity contribution in [3.63, 3.8) is 0 Å². The van der Waals surface area contributed by atoms with Gasteiger partial charge >= 0.3 is 0 Å². The summed E-state index contributed by atoms with van der Waals surface area (Å²) < 4.78 is 16.0. The van der Waals surface area contributed by atoms with E-state index >= 15 is 0 Å². The van der Waals surface area contributed by atoms with E-state index in [9.17, 15) is 4.79 Å². The van der Waals surface area contributed by atoms with Crippen LogP contribution in [0.1, 0.15) is 18.4 Å². The van der Waals surface area contributed by atoms with Crippen molar-refractivity contribution in [3.8, 4) is 22.9 Å². The number of carbonyl (C=O) groups is 1. The minimum absolute atomic E-state index is 0.106. The normalized spacial score (nSPS) is 11.7. The summed E-state index contributed by atoms with van der Waals surface area (Å²) in [6, 6.07) is 12.5. The van der Waals surface area contributed by atoms with E-state index in [1.807, 2.05) is 31.2 Å². The Hall–Kier alpha value is -3.06. The predicted molar refractivity (Wildman–Crippen MR) is 104 cm³/mol. The first-order valence-corrected chi connectivity index (χ1v) is 9.01. The molecule has 3 rings (SSSR count). The van der Waals surface area contributed by atoms with Crippen molar-refractivity contribution < 1.29 is 18.8 Å². The molecule has 0 aliphatic heterocycles. The SMILES string of the molecule is COc1ccc(-c2noc(CNC(=O)[C@H](C)Oc3ccc(Cl)c(C)c3)n2)cc1. The van der Waals surface area contributed by atoms with E-state index < -0.39 is 6.10 Å². The quantitative estimate of drug-likeness (QED) is 0.648. The maximum absolute atomic E-state index is 12.3. The molecule has 0 saturated carbocycles. The number of hydrogen-bond donors (Lipinski definition) is 1. The molecule has 0 aliphatic rings. The number of ether oxygens (including phenoxy) is 2. The van der Waals surface area contributed by atoms with Gasteiger partial charge < -0.3 is 19.3 Å². The highest BCUT2D eigenvalue weighted by Crippen LogP contribution is 2.22. The lowest BCUT2D eigenvalue weighted by molar-refractivity contribution is -0.127. The summed E-state index contributed by atoms with van der Waals surface area (Å²) in [7, 11) is 1.60. The molecule has 2 aromatic carbocycles. The van der Waals surface area contributed by atoms with Gasteiger partial charge in [0.15, 0.2) is 6.10 Å². The molecule has 0 aliphatic carbocycles. The second-order valence-electron chi connectivity index (χ2n) is 6.13. The number of nitrogens with zero attached hydrogens (tertiary/aromatic N) is 2. The summed E-state index contributed by atoms with van der Waals surface area (Å²) >= 11 is 5.99. The lowest BCUT2D eigenvalue weighted by atomic mass is 10.2. The summed E-state index contributed by atoms with van der Waals surface area (Å²) in [6.07, 6.45) is -0.690. The van der Waals surface area contributed by atoms with Crippen molar-refractivity contribution in [2.75, 3.05) is 7.11 Å². The van der Waals surface area contributed by atoms with Gasteiger partial charge in [0.25, 0.3) is 5.91 Å². The zero-order valence-corrected chi connectivity index (χ0v) is 16.5. The van der Waals surface area contributed by atoms with Gasteiger partial charge in [-0.05, 0) is 61.9 Å². The van der Waals surface area contributed by atoms with Crippen LogP contribution < -0.4 is 14.8 Å². The molecule has 1 N–H and O–H groups in total. The zero-order chi connectivity index (χ0) is 20.1. The highest BCUT2D eigenvalue weighted by Gasteiger charge is 2.16. The maximum Gasteiger partial charge on any atom is 0.261 e. The Labute approximate surface area is 167 Å². The van der Waals surface area contributed by atoms with Crippen LogP contribution in [0.25, 0.3) is 11.4 Å². The first-order chi connectivity index (χ1) is 13.5. The first kappa shape index (κ1) is 19.7. The Balaban J connectivity index is 1.55. The van der Waals surface area contributed by atoms with Gasteiger partial charge in [0.05, 0.1) is 13.7 Å². The molecule has 0 spiro atoms. The highest BCUT2D eigenvalue weighted by atomic mass is 35.5. The Morgan fingerprint density at radius 3 is 2.61 bits per heavy atom. The van der Waals surface area contributed by atoms with Crippen LogP contribution in [-0.2, 0) is 11.3 Å². The molecule has 0 fully saturated rings. The van der Waals surface area contributed by atoms with Crippen molar-refractivity contribution in [2.24, 2.45) is 0 Å². The van der Waals surface area contributed by atoms with E-state index in [0.717, 1.165) is 16.9 Å². The van der Waals surface area contributed by atoms with Crippen molar-refractivity contribution in [2.45, 2.75) is 26.5 Å². The smallest absolute Gasteiger partial charge is 0.261 e. The highest BCUT2D eigenvalue weighted by molar-refractivity contribution is 6.31. The number of hydrogen-bond acceptors (Lipinski definition) is 6. The summed E-state index contributed by atoms with van der Waals surface area (Å²) in [5, 5.41) is 7.30. The minimum atomic E-state index is -0.690. The third kappa shape index (κ3) is 4.80. The van der Waals surface area contributed by atoms with E-state index in [4.69, 9.17) is 25.6 Å². The molecule has 3 aromatic rings. The molecule has 0 bridgehead atoms. The Morgan fingerprint density at radius 1 is 1.21 bits per heavy atom. The summed E-state index contributed by atoms with van der Waals surface area (Å²) in [5.74, 6) is 1.76. The first-order valence-electron chi connectivity index (χ1n) is 8.64. The van der Waals surface area contributed by atoms with Gasteiger partial charge in [-0.2, -0.15) is 4.98 Å². The molecule has 1 aromatic heterocycles. The molecular weight excluding hydrogens is 382 g/mol. The van der Waals surface area contributed by atoms with Gasteiger partial charge in [-0.15, -0.1) is 0 Å². The van der Waals surface area contributed by atoms with Crippen molar-refractivity contribution in [3.05, 3.63) is 58.9 Å². The standard InChI is InChI=1S/C20H20ClN3O4/c1-12-10-16(8-9-17(12)21)27-13(2)20(25)22-11-18-23-19(24-28-18)14-4-6-15(26-3)7-5-14/h4-10,13H,11H2,1-3H3,(H,22,25)/t13-/m0/s1. The van der Waals surface area contributed by atoms with Crippen LogP contribution in [0.4, 0.5) is 0 Å². The topological polar surface area (TPSA) is 86.5 Å². The molecule has 28 heavy (non-hydrogen) atoms. The Kier molecular flexibility index (Phi) is 6.16. The van der Waals surface area contributed by atoms with Gasteiger partial charge in [0.2, 0.25) is 11.7 Å². The Bertz CT molecular complexity index is 956. The van der Waals surface area contributed by atoms with Gasteiger partial charge in [0, 0.05) is 10.6 Å². The summed E-state index contributed by atoms with van der Waals surface area (Å²) in [6.45, 7) is 3.64. The molecule has 1 heterocycles. The van der Waals surface area contributed by atoms with Crippen LogP contribution >= 0.6 is 11.6 Å². The van der Waals surface area contributed by atoms with E-state index in [1.165, 1.54) is 0 Å². The monoisotopic (exact) mass is 401 g/mol. The van der Waals surface area contributed by atoms with Crippen molar-refractivity contribution in [1.82, 2.24) is 15.5 Å². The molecule has 0 saturated heterocycles. The second-order valence-corrected chi connectivity index (χ2v) is 6.54. The third-order valence-electron chi connectivity index (χ3n) is 4.04. The van der Waals surface area contributed by atoms with Crippen LogP contribution in [0.3, 0.4) is 0 Å². The molecule has 8 heteroatoms. The lowest BCUT2D eigenvalue weighted by Crippen LogP contribution is -2.36. The number of aromatic nitrogens is 2. The van der Waals surface area contributed by atoms with Gasteiger partial charge in [-0.1, -0.05) is 16.8 Å². The fraction of sp³-hybridized carbons (Fsp3) is 0.250. The van der Waals surface area contributed by atoms with Gasteiger partial charge in [-0.3, -0.25) is 4.79 Å². The van der Waals surface area contributed by atoms with Crippen molar-refractivity contribution >= 4 is 17.5 Å². The van der Waals surface area contributed by atoms with E-state index in [0.29, 0.717) is 22.5 Å².